The van der Waals surface area contributed by atoms with Crippen molar-refractivity contribution in [2.24, 2.45) is 5.41 Å². The van der Waals surface area contributed by atoms with Gasteiger partial charge in [-0.2, -0.15) is 12.6 Å². The molecule has 1 aliphatic carbocycles. The summed E-state index contributed by atoms with van der Waals surface area (Å²) in [6.45, 7) is 1.94. The summed E-state index contributed by atoms with van der Waals surface area (Å²) in [6, 6.07) is 5.57. The van der Waals surface area contributed by atoms with Crippen LogP contribution in [0.3, 0.4) is 0 Å². The molecule has 0 atom stereocenters. The van der Waals surface area contributed by atoms with E-state index >= 15 is 0 Å². The number of anilines is 1. The maximum Gasteiger partial charge on any atom is 0.224 e. The number of hydrogen-bond donors (Lipinski definition) is 2. The predicted molar refractivity (Wildman–Crippen MR) is 75.0 cm³/mol. The number of benzene rings is 1. The van der Waals surface area contributed by atoms with Gasteiger partial charge in [0.1, 0.15) is 0 Å². The third-order valence-corrected chi connectivity index (χ3v) is 4.36. The monoisotopic (exact) mass is 269 g/mol. The second-order valence-corrected chi connectivity index (χ2v) is 5.57. The van der Waals surface area contributed by atoms with E-state index in [1.807, 2.05) is 19.1 Å². The molecule has 92 valence electrons. The van der Waals surface area contributed by atoms with E-state index in [2.05, 4.69) is 17.9 Å². The molecular formula is C13H16ClNOS. The van der Waals surface area contributed by atoms with Crippen molar-refractivity contribution >= 4 is 35.8 Å². The number of hydrogen-bond acceptors (Lipinski definition) is 2. The van der Waals surface area contributed by atoms with Crippen molar-refractivity contribution in [2.45, 2.75) is 26.2 Å². The summed E-state index contributed by atoms with van der Waals surface area (Å²) >= 11 is 10.3. The molecule has 1 saturated carbocycles. The standard InChI is InChI=1S/C13H16ClNOS/c1-9-2-3-10(6-11(9)14)15-12(16)7-13(8-17)4-5-13/h2-3,6,17H,4-5,7-8H2,1H3,(H,15,16). The molecule has 1 N–H and O–H groups in total. The first-order chi connectivity index (χ1) is 8.04. The van der Waals surface area contributed by atoms with Crippen LogP contribution in [0, 0.1) is 12.3 Å². The zero-order chi connectivity index (χ0) is 12.5. The molecule has 0 aromatic heterocycles. The molecule has 4 heteroatoms. The van der Waals surface area contributed by atoms with Crippen LogP contribution < -0.4 is 5.32 Å². The molecule has 1 aromatic carbocycles. The molecular weight excluding hydrogens is 254 g/mol. The van der Waals surface area contributed by atoms with E-state index in [0.29, 0.717) is 11.4 Å². The normalized spacial score (nSPS) is 16.6. The lowest BCUT2D eigenvalue weighted by Crippen LogP contribution is -2.18. The van der Waals surface area contributed by atoms with Gasteiger partial charge < -0.3 is 5.32 Å². The van der Waals surface area contributed by atoms with Gasteiger partial charge in [0, 0.05) is 17.1 Å². The number of nitrogens with one attached hydrogen (secondary N) is 1. The minimum absolute atomic E-state index is 0.0523. The molecule has 0 aliphatic heterocycles. The molecule has 0 spiro atoms. The second-order valence-electron chi connectivity index (χ2n) is 4.85. The Morgan fingerprint density at radius 1 is 1.53 bits per heavy atom. The van der Waals surface area contributed by atoms with Gasteiger partial charge >= 0.3 is 0 Å². The van der Waals surface area contributed by atoms with Crippen LogP contribution in [-0.4, -0.2) is 11.7 Å². The fourth-order valence-corrected chi connectivity index (χ4v) is 2.39. The molecule has 1 amide bonds. The van der Waals surface area contributed by atoms with Crippen LogP contribution in [0.15, 0.2) is 18.2 Å². The number of carbonyl (C=O) groups is 1. The Hall–Kier alpha value is -0.670. The molecule has 0 radical (unpaired) electrons. The van der Waals surface area contributed by atoms with Crippen LogP contribution >= 0.6 is 24.2 Å². The summed E-state index contributed by atoms with van der Waals surface area (Å²) in [5.41, 5.74) is 1.93. The first-order valence-corrected chi connectivity index (χ1v) is 6.73. The lowest BCUT2D eigenvalue weighted by molar-refractivity contribution is -0.117. The molecule has 0 unspecified atom stereocenters. The highest BCUT2D eigenvalue weighted by Crippen LogP contribution is 2.49. The minimum atomic E-state index is 0.0523. The molecule has 2 rings (SSSR count). The molecule has 17 heavy (non-hydrogen) atoms. The highest BCUT2D eigenvalue weighted by atomic mass is 35.5. The van der Waals surface area contributed by atoms with E-state index in [0.717, 1.165) is 29.8 Å². The van der Waals surface area contributed by atoms with E-state index in [1.54, 1.807) is 6.07 Å². The van der Waals surface area contributed by atoms with Crippen LogP contribution in [0.1, 0.15) is 24.8 Å². The van der Waals surface area contributed by atoms with Gasteiger partial charge in [-0.3, -0.25) is 4.79 Å². The topological polar surface area (TPSA) is 29.1 Å². The van der Waals surface area contributed by atoms with E-state index in [1.165, 1.54) is 0 Å². The van der Waals surface area contributed by atoms with Gasteiger partial charge in [0.2, 0.25) is 5.91 Å². The average Bonchev–Trinajstić information content (AvgIpc) is 3.04. The van der Waals surface area contributed by atoms with Gasteiger partial charge in [0.25, 0.3) is 0 Å². The molecule has 0 saturated heterocycles. The van der Waals surface area contributed by atoms with Gasteiger partial charge in [0.05, 0.1) is 0 Å². The Labute approximate surface area is 112 Å². The van der Waals surface area contributed by atoms with Gasteiger partial charge in [-0.25, -0.2) is 0 Å². The minimum Gasteiger partial charge on any atom is -0.326 e. The molecule has 1 aliphatic rings. The van der Waals surface area contributed by atoms with Gasteiger partial charge in [-0.15, -0.1) is 0 Å². The SMILES string of the molecule is Cc1ccc(NC(=O)CC2(CS)CC2)cc1Cl. The summed E-state index contributed by atoms with van der Waals surface area (Å²) < 4.78 is 0. The van der Waals surface area contributed by atoms with Crippen LogP contribution in [0.4, 0.5) is 5.69 Å². The Kier molecular flexibility index (Phi) is 3.69. The third kappa shape index (κ3) is 3.17. The first kappa shape index (κ1) is 12.8. The Morgan fingerprint density at radius 3 is 2.76 bits per heavy atom. The summed E-state index contributed by atoms with van der Waals surface area (Å²) in [5, 5.41) is 3.56. The lowest BCUT2D eigenvalue weighted by atomic mass is 10.1. The number of thiol groups is 1. The van der Waals surface area contributed by atoms with Crippen molar-refractivity contribution in [3.05, 3.63) is 28.8 Å². The fourth-order valence-electron chi connectivity index (χ4n) is 1.78. The maximum atomic E-state index is 11.8. The number of halogens is 1. The fraction of sp³-hybridized carbons (Fsp3) is 0.462. The van der Waals surface area contributed by atoms with Gasteiger partial charge in [0.15, 0.2) is 0 Å². The van der Waals surface area contributed by atoms with E-state index in [-0.39, 0.29) is 11.3 Å². The molecule has 2 nitrogen and oxygen atoms in total. The average molecular weight is 270 g/mol. The third-order valence-electron chi connectivity index (χ3n) is 3.28. The highest BCUT2D eigenvalue weighted by molar-refractivity contribution is 7.80. The van der Waals surface area contributed by atoms with E-state index in [4.69, 9.17) is 11.6 Å². The van der Waals surface area contributed by atoms with Crippen LogP contribution in [-0.2, 0) is 4.79 Å². The molecule has 0 heterocycles. The summed E-state index contributed by atoms with van der Waals surface area (Å²) in [7, 11) is 0. The van der Waals surface area contributed by atoms with Crippen LogP contribution in [0.2, 0.25) is 5.02 Å². The lowest BCUT2D eigenvalue weighted by Gasteiger charge is -2.12. The first-order valence-electron chi connectivity index (χ1n) is 5.72. The highest BCUT2D eigenvalue weighted by Gasteiger charge is 2.42. The number of aryl methyl sites for hydroxylation is 1. The van der Waals surface area contributed by atoms with Crippen molar-refractivity contribution in [1.29, 1.82) is 0 Å². The Bertz CT molecular complexity index is 443. The molecule has 1 aromatic rings. The van der Waals surface area contributed by atoms with Crippen molar-refractivity contribution in [3.8, 4) is 0 Å². The maximum absolute atomic E-state index is 11.8. The van der Waals surface area contributed by atoms with Crippen molar-refractivity contribution < 1.29 is 4.79 Å². The summed E-state index contributed by atoms with van der Waals surface area (Å²) in [6.07, 6.45) is 2.78. The number of rotatable bonds is 4. The quantitative estimate of drug-likeness (QED) is 0.802. The van der Waals surface area contributed by atoms with Crippen molar-refractivity contribution in [1.82, 2.24) is 0 Å². The number of amides is 1. The smallest absolute Gasteiger partial charge is 0.224 e. The van der Waals surface area contributed by atoms with E-state index in [9.17, 15) is 4.79 Å². The van der Waals surface area contributed by atoms with Crippen molar-refractivity contribution in [2.75, 3.05) is 11.1 Å². The zero-order valence-corrected chi connectivity index (χ0v) is 11.4. The largest absolute Gasteiger partial charge is 0.326 e. The number of carbonyl (C=O) groups excluding carboxylic acids is 1. The molecule has 0 bridgehead atoms. The van der Waals surface area contributed by atoms with Crippen molar-refractivity contribution in [3.63, 3.8) is 0 Å². The Balaban J connectivity index is 1.96. The van der Waals surface area contributed by atoms with Crippen LogP contribution in [0.5, 0.6) is 0 Å². The summed E-state index contributed by atoms with van der Waals surface area (Å²) in [5.74, 6) is 0.839. The summed E-state index contributed by atoms with van der Waals surface area (Å²) in [4.78, 5) is 11.8. The predicted octanol–water partition coefficient (Wildman–Crippen LogP) is 3.69. The van der Waals surface area contributed by atoms with E-state index < -0.39 is 0 Å². The molecule has 1 fully saturated rings. The second kappa shape index (κ2) is 4.91. The van der Waals surface area contributed by atoms with Gasteiger partial charge in [-0.05, 0) is 48.6 Å². The van der Waals surface area contributed by atoms with Gasteiger partial charge in [-0.1, -0.05) is 17.7 Å². The van der Waals surface area contributed by atoms with Crippen LogP contribution in [0.25, 0.3) is 0 Å². The zero-order valence-electron chi connectivity index (χ0n) is 9.79. The Morgan fingerprint density at radius 2 is 2.24 bits per heavy atom.